The monoisotopic (exact) mass is 352 g/mol. The van der Waals surface area contributed by atoms with E-state index in [1.807, 2.05) is 6.07 Å². The topological polar surface area (TPSA) is 52.7 Å². The average Bonchev–Trinajstić information content (AvgIpc) is 2.94. The summed E-state index contributed by atoms with van der Waals surface area (Å²) in [4.78, 5) is 7.84. The Morgan fingerprint density at radius 3 is 2.52 bits per heavy atom. The van der Waals surface area contributed by atoms with Crippen LogP contribution in [0.4, 0.5) is 11.6 Å². The lowest BCUT2D eigenvalue weighted by molar-refractivity contribution is 0.964. The van der Waals surface area contributed by atoms with E-state index in [1.165, 1.54) is 5.56 Å². The summed E-state index contributed by atoms with van der Waals surface area (Å²) in [6.45, 7) is 3.89. The van der Waals surface area contributed by atoms with Crippen molar-refractivity contribution in [1.29, 1.82) is 0 Å². The van der Waals surface area contributed by atoms with E-state index in [9.17, 15) is 0 Å². The summed E-state index contributed by atoms with van der Waals surface area (Å²) in [6, 6.07) is 16.6. The summed E-state index contributed by atoms with van der Waals surface area (Å²) in [5, 5.41) is 6.71. The fraction of sp³-hybridized carbons (Fsp3) is 0.235. The third-order valence-corrected chi connectivity index (χ3v) is 3.36. The minimum atomic E-state index is 0. The van der Waals surface area contributed by atoms with Crippen molar-refractivity contribution in [2.45, 2.75) is 19.9 Å². The SMILES string of the molecule is CCCNc1nc2cc(NCc3ccccc3)ccc2[nH]1.Cl.Cl. The zero-order valence-corrected chi connectivity index (χ0v) is 14.6. The first-order valence-electron chi connectivity index (χ1n) is 7.36. The summed E-state index contributed by atoms with van der Waals surface area (Å²) in [6.07, 6.45) is 1.08. The average molecular weight is 353 g/mol. The largest absolute Gasteiger partial charge is 0.381 e. The maximum Gasteiger partial charge on any atom is 0.201 e. The number of aromatic nitrogens is 2. The number of benzene rings is 2. The highest BCUT2D eigenvalue weighted by Gasteiger charge is 2.03. The van der Waals surface area contributed by atoms with Crippen molar-refractivity contribution < 1.29 is 0 Å². The van der Waals surface area contributed by atoms with Crippen LogP contribution in [0.3, 0.4) is 0 Å². The molecule has 0 radical (unpaired) electrons. The van der Waals surface area contributed by atoms with Crippen molar-refractivity contribution >= 4 is 47.5 Å². The highest BCUT2D eigenvalue weighted by molar-refractivity contribution is 5.85. The highest BCUT2D eigenvalue weighted by atomic mass is 35.5. The number of imidazole rings is 1. The molecule has 0 aliphatic rings. The van der Waals surface area contributed by atoms with E-state index < -0.39 is 0 Å². The second-order valence-electron chi connectivity index (χ2n) is 5.08. The van der Waals surface area contributed by atoms with E-state index in [-0.39, 0.29) is 24.8 Å². The van der Waals surface area contributed by atoms with Gasteiger partial charge in [0.25, 0.3) is 0 Å². The Labute approximate surface area is 148 Å². The van der Waals surface area contributed by atoms with Crippen molar-refractivity contribution in [3.63, 3.8) is 0 Å². The highest BCUT2D eigenvalue weighted by Crippen LogP contribution is 2.19. The minimum absolute atomic E-state index is 0. The molecule has 2 aromatic carbocycles. The second kappa shape index (κ2) is 9.28. The molecule has 0 saturated heterocycles. The Morgan fingerprint density at radius 1 is 1.00 bits per heavy atom. The summed E-state index contributed by atoms with van der Waals surface area (Å²) in [5.74, 6) is 0.840. The van der Waals surface area contributed by atoms with Crippen LogP contribution in [0.25, 0.3) is 11.0 Å². The molecule has 124 valence electrons. The summed E-state index contributed by atoms with van der Waals surface area (Å²) in [5.41, 5.74) is 4.38. The molecule has 0 amide bonds. The quantitative estimate of drug-likeness (QED) is 0.594. The number of anilines is 2. The van der Waals surface area contributed by atoms with Gasteiger partial charge in [0.2, 0.25) is 5.95 Å². The predicted octanol–water partition coefficient (Wildman–Crippen LogP) is 4.84. The number of fused-ring (bicyclic) bond motifs is 1. The second-order valence-corrected chi connectivity index (χ2v) is 5.08. The van der Waals surface area contributed by atoms with Crippen LogP contribution in [0.2, 0.25) is 0 Å². The van der Waals surface area contributed by atoms with Crippen LogP contribution in [0.5, 0.6) is 0 Å². The zero-order valence-electron chi connectivity index (χ0n) is 13.0. The number of nitrogens with one attached hydrogen (secondary N) is 3. The lowest BCUT2D eigenvalue weighted by atomic mass is 10.2. The van der Waals surface area contributed by atoms with Crippen LogP contribution in [-0.2, 0) is 6.54 Å². The van der Waals surface area contributed by atoms with Crippen molar-refractivity contribution in [2.75, 3.05) is 17.2 Å². The van der Waals surface area contributed by atoms with Crippen LogP contribution >= 0.6 is 24.8 Å². The number of rotatable bonds is 6. The number of nitrogens with zero attached hydrogens (tertiary/aromatic N) is 1. The Bertz CT molecular complexity index is 713. The molecule has 3 N–H and O–H groups in total. The lowest BCUT2D eigenvalue weighted by Gasteiger charge is -2.06. The van der Waals surface area contributed by atoms with Gasteiger partial charge in [-0.05, 0) is 30.2 Å². The minimum Gasteiger partial charge on any atom is -0.381 e. The summed E-state index contributed by atoms with van der Waals surface area (Å²) >= 11 is 0. The summed E-state index contributed by atoms with van der Waals surface area (Å²) in [7, 11) is 0. The van der Waals surface area contributed by atoms with Gasteiger partial charge in [0.05, 0.1) is 11.0 Å². The maximum atomic E-state index is 4.56. The molecule has 0 fully saturated rings. The van der Waals surface area contributed by atoms with E-state index in [4.69, 9.17) is 0 Å². The molecule has 1 heterocycles. The number of halogens is 2. The zero-order chi connectivity index (χ0) is 14.5. The van der Waals surface area contributed by atoms with Crippen LogP contribution < -0.4 is 10.6 Å². The molecule has 3 aromatic rings. The molecular formula is C17H22Cl2N4. The molecule has 6 heteroatoms. The number of aromatic amines is 1. The molecule has 0 spiro atoms. The van der Waals surface area contributed by atoms with Crippen molar-refractivity contribution in [2.24, 2.45) is 0 Å². The van der Waals surface area contributed by atoms with Gasteiger partial charge in [0.1, 0.15) is 0 Å². The smallest absolute Gasteiger partial charge is 0.201 e. The van der Waals surface area contributed by atoms with Gasteiger partial charge in [-0.1, -0.05) is 37.3 Å². The standard InChI is InChI=1S/C17H20N4.2ClH/c1-2-10-18-17-20-15-9-8-14(11-16(15)21-17)19-12-13-6-4-3-5-7-13;;/h3-9,11,19H,2,10,12H2,1H3,(H2,18,20,21);2*1H. The van der Waals surface area contributed by atoms with Gasteiger partial charge in [0, 0.05) is 18.8 Å². The first-order valence-corrected chi connectivity index (χ1v) is 7.36. The van der Waals surface area contributed by atoms with Crippen molar-refractivity contribution in [3.05, 3.63) is 54.1 Å². The van der Waals surface area contributed by atoms with Crippen molar-refractivity contribution in [3.8, 4) is 0 Å². The predicted molar refractivity (Wildman–Crippen MR) is 103 cm³/mol. The van der Waals surface area contributed by atoms with Crippen molar-refractivity contribution in [1.82, 2.24) is 9.97 Å². The normalized spacial score (nSPS) is 9.78. The molecule has 0 saturated carbocycles. The molecule has 0 atom stereocenters. The van der Waals surface area contributed by atoms with Gasteiger partial charge in [-0.15, -0.1) is 24.8 Å². The fourth-order valence-corrected chi connectivity index (χ4v) is 2.24. The van der Waals surface area contributed by atoms with Crippen LogP contribution in [-0.4, -0.2) is 16.5 Å². The molecule has 0 aliphatic heterocycles. The number of hydrogen-bond acceptors (Lipinski definition) is 3. The summed E-state index contributed by atoms with van der Waals surface area (Å²) < 4.78 is 0. The first-order chi connectivity index (χ1) is 10.3. The van der Waals surface area contributed by atoms with Gasteiger partial charge in [-0.2, -0.15) is 0 Å². The maximum absolute atomic E-state index is 4.56. The molecule has 1 aromatic heterocycles. The third kappa shape index (κ3) is 5.05. The van der Waals surface area contributed by atoms with Gasteiger partial charge in [0.15, 0.2) is 0 Å². The molecule has 3 rings (SSSR count). The Morgan fingerprint density at radius 2 is 1.78 bits per heavy atom. The van der Waals surface area contributed by atoms with E-state index in [0.717, 1.165) is 42.2 Å². The van der Waals surface area contributed by atoms with Crippen LogP contribution in [0.1, 0.15) is 18.9 Å². The molecular weight excluding hydrogens is 331 g/mol. The Hall–Kier alpha value is -1.91. The fourth-order valence-electron chi connectivity index (χ4n) is 2.24. The number of H-pyrrole nitrogens is 1. The Kier molecular flexibility index (Phi) is 7.72. The molecule has 0 bridgehead atoms. The van der Waals surface area contributed by atoms with Gasteiger partial charge in [-0.25, -0.2) is 4.98 Å². The Balaban J connectivity index is 0.00000132. The van der Waals surface area contributed by atoms with Crippen LogP contribution in [0.15, 0.2) is 48.5 Å². The van der Waals surface area contributed by atoms with Gasteiger partial charge >= 0.3 is 0 Å². The third-order valence-electron chi connectivity index (χ3n) is 3.36. The molecule has 0 unspecified atom stereocenters. The van der Waals surface area contributed by atoms with E-state index in [0.29, 0.717) is 0 Å². The molecule has 0 aliphatic carbocycles. The number of hydrogen-bond donors (Lipinski definition) is 3. The molecule has 23 heavy (non-hydrogen) atoms. The van der Waals surface area contributed by atoms with E-state index in [2.05, 4.69) is 70.0 Å². The van der Waals surface area contributed by atoms with E-state index >= 15 is 0 Å². The van der Waals surface area contributed by atoms with Gasteiger partial charge < -0.3 is 15.6 Å². The van der Waals surface area contributed by atoms with E-state index in [1.54, 1.807) is 0 Å². The first kappa shape index (κ1) is 19.1. The van der Waals surface area contributed by atoms with Gasteiger partial charge in [-0.3, -0.25) is 0 Å². The lowest BCUT2D eigenvalue weighted by Crippen LogP contribution is -2.00. The molecule has 4 nitrogen and oxygen atoms in total. The van der Waals surface area contributed by atoms with Crippen LogP contribution in [0, 0.1) is 0 Å².